The summed E-state index contributed by atoms with van der Waals surface area (Å²) in [6, 6.07) is 34.2. The first-order valence-electron chi connectivity index (χ1n) is 13.2. The van der Waals surface area contributed by atoms with Gasteiger partial charge in [-0.2, -0.15) is 5.26 Å². The Labute approximate surface area is 237 Å². The van der Waals surface area contributed by atoms with E-state index in [0.29, 0.717) is 29.3 Å². The molecular formula is C34H25N7. The highest BCUT2D eigenvalue weighted by molar-refractivity contribution is 6.15. The maximum Gasteiger partial charge on any atom is 0.154 e. The van der Waals surface area contributed by atoms with Crippen LogP contribution in [0, 0.1) is 18.3 Å². The van der Waals surface area contributed by atoms with Crippen molar-refractivity contribution in [2.45, 2.75) is 13.3 Å². The molecule has 0 bridgehead atoms. The van der Waals surface area contributed by atoms with Crippen LogP contribution in [0.1, 0.15) is 22.3 Å². The van der Waals surface area contributed by atoms with Crippen LogP contribution in [0.4, 0.5) is 17.3 Å². The maximum atomic E-state index is 8.93. The zero-order valence-corrected chi connectivity index (χ0v) is 22.4. The van der Waals surface area contributed by atoms with E-state index >= 15 is 0 Å². The van der Waals surface area contributed by atoms with Crippen molar-refractivity contribution in [3.05, 3.63) is 138 Å². The van der Waals surface area contributed by atoms with Gasteiger partial charge in [0.25, 0.3) is 0 Å². The van der Waals surface area contributed by atoms with Crippen LogP contribution in [0.25, 0.3) is 22.0 Å². The maximum absolute atomic E-state index is 8.93. The minimum absolute atomic E-state index is 0.316. The lowest BCUT2D eigenvalue weighted by atomic mass is 9.99. The van der Waals surface area contributed by atoms with Gasteiger partial charge in [-0.15, -0.1) is 10.2 Å². The van der Waals surface area contributed by atoms with Crippen LogP contribution < -0.4 is 5.32 Å². The molecule has 196 valence electrons. The molecular weight excluding hydrogens is 506 g/mol. The second kappa shape index (κ2) is 11.6. The third-order valence-corrected chi connectivity index (χ3v) is 6.71. The number of nitriles is 1. The molecule has 7 heteroatoms. The topological polar surface area (TPSA) is 99.7 Å². The lowest BCUT2D eigenvalue weighted by molar-refractivity contribution is 1.07. The number of anilines is 2. The Morgan fingerprint density at radius 3 is 2.24 bits per heavy atom. The van der Waals surface area contributed by atoms with Gasteiger partial charge in [0.2, 0.25) is 0 Å². The molecule has 0 saturated carbocycles. The number of aryl methyl sites for hydroxylation is 1. The largest absolute Gasteiger partial charge is 0.323 e. The number of fused-ring (bicyclic) bond motifs is 1. The van der Waals surface area contributed by atoms with Crippen LogP contribution in [-0.4, -0.2) is 25.9 Å². The molecule has 7 nitrogen and oxygen atoms in total. The molecule has 41 heavy (non-hydrogen) atoms. The molecule has 3 aromatic heterocycles. The smallest absolute Gasteiger partial charge is 0.154 e. The van der Waals surface area contributed by atoms with Crippen LogP contribution in [0.15, 0.2) is 121 Å². The van der Waals surface area contributed by atoms with Gasteiger partial charge in [0.05, 0.1) is 23.9 Å². The lowest BCUT2D eigenvalue weighted by Crippen LogP contribution is -2.03. The molecule has 0 fully saturated rings. The number of nitrogens with zero attached hydrogens (tertiary/aromatic N) is 6. The molecule has 0 spiro atoms. The third-order valence-electron chi connectivity index (χ3n) is 6.71. The Bertz CT molecular complexity index is 1850. The molecule has 0 saturated heterocycles. The molecule has 1 N–H and O–H groups in total. The van der Waals surface area contributed by atoms with Crippen molar-refractivity contribution in [1.82, 2.24) is 20.2 Å². The summed E-state index contributed by atoms with van der Waals surface area (Å²) in [6.45, 7) is 2.07. The van der Waals surface area contributed by atoms with E-state index in [1.54, 1.807) is 12.4 Å². The molecule has 6 rings (SSSR count). The van der Waals surface area contributed by atoms with E-state index in [9.17, 15) is 0 Å². The molecule has 0 aliphatic rings. The van der Waals surface area contributed by atoms with Crippen LogP contribution in [0.3, 0.4) is 0 Å². The first-order valence-corrected chi connectivity index (χ1v) is 13.2. The van der Waals surface area contributed by atoms with Gasteiger partial charge >= 0.3 is 0 Å². The van der Waals surface area contributed by atoms with Gasteiger partial charge in [-0.1, -0.05) is 66.7 Å². The Morgan fingerprint density at radius 1 is 0.829 bits per heavy atom. The number of benzene rings is 3. The second-order valence-electron chi connectivity index (χ2n) is 9.56. The molecule has 3 aromatic carbocycles. The molecule has 0 unspecified atom stereocenters. The highest BCUT2D eigenvalue weighted by atomic mass is 15.2. The Kier molecular flexibility index (Phi) is 7.20. The summed E-state index contributed by atoms with van der Waals surface area (Å²) in [7, 11) is 0. The Hall–Kier alpha value is -5.74. The van der Waals surface area contributed by atoms with E-state index in [2.05, 4.69) is 74.9 Å². The summed E-state index contributed by atoms with van der Waals surface area (Å²) in [5.41, 5.74) is 8.23. The summed E-state index contributed by atoms with van der Waals surface area (Å²) < 4.78 is 0. The molecule has 0 amide bonds. The minimum Gasteiger partial charge on any atom is -0.323 e. The predicted molar refractivity (Wildman–Crippen MR) is 163 cm³/mol. The van der Waals surface area contributed by atoms with Gasteiger partial charge in [0, 0.05) is 40.7 Å². The van der Waals surface area contributed by atoms with Gasteiger partial charge in [0.15, 0.2) is 5.82 Å². The fourth-order valence-electron chi connectivity index (χ4n) is 4.64. The molecule has 0 aliphatic heterocycles. The first kappa shape index (κ1) is 25.5. The Balaban J connectivity index is 1.51. The third kappa shape index (κ3) is 5.68. The second-order valence-corrected chi connectivity index (χ2v) is 9.56. The minimum atomic E-state index is 0.316. The zero-order valence-electron chi connectivity index (χ0n) is 22.4. The van der Waals surface area contributed by atoms with Gasteiger partial charge < -0.3 is 5.32 Å². The standard InChI is InChI=1S/C34H25N7/c1-23-15-17-36-22-29(23)27-18-28-20-32(39-31-13-12-24(14-16-35)21-37-31)40-41-34(28)30(19-27)38-33(25-8-4-2-5-9-25)26-10-6-3-7-11-26/h2-13,15,17-22H,14H2,1H3,(H,37,39,40). The molecule has 6 aromatic rings. The van der Waals surface area contributed by atoms with E-state index in [1.165, 1.54) is 0 Å². The van der Waals surface area contributed by atoms with Crippen molar-refractivity contribution in [3.8, 4) is 17.2 Å². The fraction of sp³-hybridized carbons (Fsp3) is 0.0588. The zero-order chi connectivity index (χ0) is 28.0. The normalized spacial score (nSPS) is 10.6. The van der Waals surface area contributed by atoms with E-state index in [1.807, 2.05) is 66.9 Å². The van der Waals surface area contributed by atoms with E-state index in [-0.39, 0.29) is 0 Å². The first-order chi connectivity index (χ1) is 20.2. The number of pyridine rings is 2. The summed E-state index contributed by atoms with van der Waals surface area (Å²) in [5.74, 6) is 1.17. The number of nitrogens with one attached hydrogen (secondary N) is 1. The number of hydrogen-bond acceptors (Lipinski definition) is 7. The van der Waals surface area contributed by atoms with Crippen molar-refractivity contribution < 1.29 is 0 Å². The highest BCUT2D eigenvalue weighted by Gasteiger charge is 2.14. The molecule has 0 atom stereocenters. The monoisotopic (exact) mass is 531 g/mol. The van der Waals surface area contributed by atoms with Crippen LogP contribution in [0.2, 0.25) is 0 Å². The molecule has 0 aliphatic carbocycles. The van der Waals surface area contributed by atoms with Crippen LogP contribution in [-0.2, 0) is 6.42 Å². The van der Waals surface area contributed by atoms with Gasteiger partial charge in [-0.25, -0.2) is 9.98 Å². The number of aliphatic imine (C=N–C) groups is 1. The number of rotatable bonds is 7. The van der Waals surface area contributed by atoms with Crippen LogP contribution in [0.5, 0.6) is 0 Å². The fourth-order valence-corrected chi connectivity index (χ4v) is 4.64. The summed E-state index contributed by atoms with van der Waals surface area (Å²) >= 11 is 0. The number of hydrogen-bond donors (Lipinski definition) is 1. The van der Waals surface area contributed by atoms with E-state index in [0.717, 1.165) is 44.5 Å². The molecule has 0 radical (unpaired) electrons. The van der Waals surface area contributed by atoms with Gasteiger partial charge in [-0.3, -0.25) is 4.98 Å². The van der Waals surface area contributed by atoms with Crippen molar-refractivity contribution in [2.24, 2.45) is 4.99 Å². The predicted octanol–water partition coefficient (Wildman–Crippen LogP) is 7.37. The van der Waals surface area contributed by atoms with E-state index in [4.69, 9.17) is 10.3 Å². The summed E-state index contributed by atoms with van der Waals surface area (Å²) in [4.78, 5) is 14.0. The number of aromatic nitrogens is 4. The average Bonchev–Trinajstić information content (AvgIpc) is 3.02. The quantitative estimate of drug-likeness (QED) is 0.216. The lowest BCUT2D eigenvalue weighted by Gasteiger charge is -2.12. The summed E-state index contributed by atoms with van der Waals surface area (Å²) in [5, 5.41) is 22.1. The SMILES string of the molecule is Cc1ccncc1-c1cc(N=C(c2ccccc2)c2ccccc2)c2nnc(Nc3ccc(CC#N)cn3)cc2c1. The molecule has 3 heterocycles. The van der Waals surface area contributed by atoms with Crippen molar-refractivity contribution in [2.75, 3.05) is 5.32 Å². The van der Waals surface area contributed by atoms with Gasteiger partial charge in [-0.05, 0) is 53.9 Å². The highest BCUT2D eigenvalue weighted by Crippen LogP contribution is 2.34. The summed E-state index contributed by atoms with van der Waals surface area (Å²) in [6.07, 6.45) is 5.67. The van der Waals surface area contributed by atoms with Crippen molar-refractivity contribution in [3.63, 3.8) is 0 Å². The van der Waals surface area contributed by atoms with Crippen molar-refractivity contribution >= 4 is 33.9 Å². The average molecular weight is 532 g/mol. The van der Waals surface area contributed by atoms with E-state index < -0.39 is 0 Å². The van der Waals surface area contributed by atoms with Crippen LogP contribution >= 0.6 is 0 Å². The van der Waals surface area contributed by atoms with Crippen molar-refractivity contribution in [1.29, 1.82) is 5.26 Å². The van der Waals surface area contributed by atoms with Gasteiger partial charge in [0.1, 0.15) is 11.3 Å². The Morgan fingerprint density at radius 2 is 1.59 bits per heavy atom.